The van der Waals surface area contributed by atoms with E-state index < -0.39 is 109 Å². The Kier molecular flexibility index (Phi) is 22.9. The van der Waals surface area contributed by atoms with Gasteiger partial charge in [0.2, 0.25) is 16.9 Å². The van der Waals surface area contributed by atoms with Gasteiger partial charge in [-0.05, 0) is 39.2 Å². The first-order valence-corrected chi connectivity index (χ1v) is 27.4. The van der Waals surface area contributed by atoms with Gasteiger partial charge in [-0.15, -0.1) is 0 Å². The Hall–Kier alpha value is -2.86. The molecule has 2 aromatic rings. The van der Waals surface area contributed by atoms with Gasteiger partial charge in [-0.1, -0.05) is 50.9 Å². The zero-order chi connectivity index (χ0) is 52.0. The van der Waals surface area contributed by atoms with Crippen LogP contribution in [0.2, 0.25) is 0 Å². The number of phosphoric acid groups is 3. The summed E-state index contributed by atoms with van der Waals surface area (Å²) >= 11 is 1.01. The van der Waals surface area contributed by atoms with E-state index in [-0.39, 0.29) is 59.9 Å². The molecule has 0 aliphatic carbocycles. The molecule has 2 aliphatic heterocycles. The van der Waals surface area contributed by atoms with Gasteiger partial charge in [0.15, 0.2) is 24.0 Å². The zero-order valence-corrected chi connectivity index (χ0v) is 42.1. The monoisotopic (exact) mass is 1080 g/mol. The summed E-state index contributed by atoms with van der Waals surface area (Å²) in [6.45, 7) is 3.63. The molecule has 8 N–H and O–H groups in total. The van der Waals surface area contributed by atoms with Gasteiger partial charge in [-0.25, -0.2) is 19.3 Å². The molecule has 2 unspecified atom stereocenters. The molecule has 0 spiro atoms. The van der Waals surface area contributed by atoms with E-state index in [0.717, 1.165) is 61.1 Å². The van der Waals surface area contributed by atoms with Crippen molar-refractivity contribution < 1.29 is 100 Å². The minimum Gasteiger partial charge on any atom is -0.790 e. The predicted molar refractivity (Wildman–Crippen MR) is 237 cm³/mol. The molecular formula is C38H60N7O21P3S-4. The standard InChI is InChI=1S/C38H64N7O21P3S/c1-22(62-37-25(47)17-24(46)23(2)63-37)11-9-7-5-6-8-10-12-28(49)70-16-15-40-27(48)13-14-41-35(52)32(51)38(3,4)19-61-69(58,59)66-68(56,57)60-18-26-31(65-67(53,54)55)30(50)36(64-26)45-21-44-29-33(39)42-20-43-34(29)45/h10,12,20-26,30-32,36-37,46-47,50-51H,5-9,11,13-19H2,1-4H3,(H,40,48)(H,41,52)(H,56,57)(H,58,59)(H2,39,42,43)(H2,53,54,55)/p-4/b12-10+/t22-,23+,24-,25-,26-,30-,31-,32+,36-,37-/m1/s1. The number of rotatable bonds is 29. The van der Waals surface area contributed by atoms with Crippen LogP contribution in [-0.4, -0.2) is 144 Å². The topological polar surface area (TPSA) is 434 Å². The van der Waals surface area contributed by atoms with Gasteiger partial charge >= 0.3 is 0 Å². The Balaban J connectivity index is 1.08. The quantitative estimate of drug-likeness (QED) is 0.0271. The number of nitrogen functional groups attached to an aromatic ring is 1. The van der Waals surface area contributed by atoms with E-state index in [9.17, 15) is 68.1 Å². The first-order chi connectivity index (χ1) is 32.7. The highest BCUT2D eigenvalue weighted by Crippen LogP contribution is 2.56. The smallest absolute Gasteiger partial charge is 0.274 e. The number of nitrogens with one attached hydrogen (secondary N) is 2. The number of carbonyl (C=O) groups is 3. The van der Waals surface area contributed by atoms with Gasteiger partial charge in [0.05, 0.1) is 45.7 Å². The number of thioether (sulfide) groups is 1. The fourth-order valence-corrected chi connectivity index (χ4v) is 10.2. The number of aliphatic hydroxyl groups is 4. The number of nitrogens with zero attached hydrogens (tertiary/aromatic N) is 4. The van der Waals surface area contributed by atoms with E-state index in [1.54, 1.807) is 13.0 Å². The number of ether oxygens (including phenoxy) is 3. The molecule has 0 bridgehead atoms. The van der Waals surface area contributed by atoms with E-state index in [1.807, 2.05) is 6.92 Å². The number of aromatic nitrogens is 4. The Labute approximate surface area is 406 Å². The highest BCUT2D eigenvalue weighted by molar-refractivity contribution is 8.14. The van der Waals surface area contributed by atoms with Crippen LogP contribution in [0.3, 0.4) is 0 Å². The van der Waals surface area contributed by atoms with E-state index in [4.69, 9.17) is 19.9 Å². The van der Waals surface area contributed by atoms with Gasteiger partial charge in [0.25, 0.3) is 15.6 Å². The fraction of sp³-hybridized carbons (Fsp3) is 0.737. The Bertz CT molecular complexity index is 2220. The van der Waals surface area contributed by atoms with Crippen LogP contribution in [0.5, 0.6) is 0 Å². The van der Waals surface area contributed by atoms with Crippen LogP contribution >= 0.6 is 35.2 Å². The van der Waals surface area contributed by atoms with E-state index >= 15 is 0 Å². The molecule has 2 saturated heterocycles. The number of imidazole rings is 1. The van der Waals surface area contributed by atoms with E-state index in [1.165, 1.54) is 19.9 Å². The number of phosphoric ester groups is 3. The second-order valence-corrected chi connectivity index (χ2v) is 22.2. The van der Waals surface area contributed by atoms with Crippen LogP contribution in [-0.2, 0) is 60.2 Å². The lowest BCUT2D eigenvalue weighted by Gasteiger charge is -2.36. The minimum atomic E-state index is -5.94. The zero-order valence-electron chi connectivity index (χ0n) is 38.6. The minimum absolute atomic E-state index is 0.0283. The Morgan fingerprint density at radius 3 is 2.41 bits per heavy atom. The number of fused-ring (bicyclic) bond motifs is 1. The highest BCUT2D eigenvalue weighted by atomic mass is 32.2. The summed E-state index contributed by atoms with van der Waals surface area (Å²) in [6, 6.07) is 0. The SMILES string of the molecule is C[C@H](CCCCCC/C=C/C(=O)SCCNC(=O)CCNC(=O)[C@H](O)C(C)(C)COP(=O)([O-])OP(=O)([O-])OC[C@H]1O[C@@H](n2cnc3c(N)ncnc32)[C@H](O)[C@@H]1OP(=O)([O-])[O-])O[C@@H]1O[C@@H](C)[C@H](O)C[C@H]1O. The Morgan fingerprint density at radius 2 is 1.70 bits per heavy atom. The summed E-state index contributed by atoms with van der Waals surface area (Å²) in [4.78, 5) is 96.8. The maximum atomic E-state index is 12.6. The molecule has 12 atom stereocenters. The maximum absolute atomic E-state index is 12.6. The molecule has 2 aliphatic rings. The number of allylic oxidation sites excluding steroid dienone is 1. The summed E-state index contributed by atoms with van der Waals surface area (Å²) in [7, 11) is -17.7. The molecule has 70 heavy (non-hydrogen) atoms. The van der Waals surface area contributed by atoms with Crippen molar-refractivity contribution >= 4 is 69.1 Å². The molecule has 2 fully saturated rings. The molecule has 398 valence electrons. The molecule has 0 saturated carbocycles. The number of carbonyl (C=O) groups excluding carboxylic acids is 3. The number of hydrogen-bond donors (Lipinski definition) is 7. The van der Waals surface area contributed by atoms with Gasteiger partial charge in [-0.3, -0.25) is 28.1 Å². The van der Waals surface area contributed by atoms with Gasteiger partial charge in [0.1, 0.15) is 42.4 Å². The average molecular weight is 1080 g/mol. The molecule has 2 amide bonds. The molecule has 0 aromatic carbocycles. The predicted octanol–water partition coefficient (Wildman–Crippen LogP) is -1.70. The van der Waals surface area contributed by atoms with Crippen molar-refractivity contribution in [2.24, 2.45) is 5.41 Å². The summed E-state index contributed by atoms with van der Waals surface area (Å²) in [5.41, 5.74) is 4.04. The van der Waals surface area contributed by atoms with Crippen LogP contribution in [0, 0.1) is 5.41 Å². The van der Waals surface area contributed by atoms with Crippen molar-refractivity contribution in [2.45, 2.75) is 140 Å². The van der Waals surface area contributed by atoms with Crippen molar-refractivity contribution in [3.05, 3.63) is 24.8 Å². The van der Waals surface area contributed by atoms with Crippen LogP contribution in [0.25, 0.3) is 11.2 Å². The van der Waals surface area contributed by atoms with E-state index in [2.05, 4.69) is 43.5 Å². The second-order valence-electron chi connectivity index (χ2n) is 17.1. The third kappa shape index (κ3) is 19.2. The average Bonchev–Trinajstić information content (AvgIpc) is 3.83. The number of aliphatic hydroxyl groups excluding tert-OH is 4. The van der Waals surface area contributed by atoms with Gasteiger partial charge in [-0.2, -0.15) is 0 Å². The van der Waals surface area contributed by atoms with E-state index in [0.29, 0.717) is 6.42 Å². The maximum Gasteiger partial charge on any atom is 0.274 e. The van der Waals surface area contributed by atoms with Crippen LogP contribution in [0.1, 0.15) is 85.3 Å². The summed E-state index contributed by atoms with van der Waals surface area (Å²) in [5, 5.41) is 46.0. The summed E-state index contributed by atoms with van der Waals surface area (Å²) in [6.07, 6.45) is -1.88. The van der Waals surface area contributed by atoms with Crippen molar-refractivity contribution in [3.63, 3.8) is 0 Å². The second kappa shape index (κ2) is 26.9. The molecule has 0 radical (unpaired) electrons. The number of amides is 2. The largest absolute Gasteiger partial charge is 0.790 e. The number of nitrogens with two attached hydrogens (primary N) is 1. The van der Waals surface area contributed by atoms with Crippen LogP contribution in [0.4, 0.5) is 5.82 Å². The molecular weight excluding hydrogens is 1020 g/mol. The first-order valence-electron chi connectivity index (χ1n) is 22.0. The fourth-order valence-electron chi connectivity index (χ4n) is 6.90. The number of unbranched alkanes of at least 4 members (excludes halogenated alkanes) is 4. The third-order valence-electron chi connectivity index (χ3n) is 10.8. The van der Waals surface area contributed by atoms with Gasteiger partial charge < -0.3 is 88.7 Å². The number of hydrogen-bond acceptors (Lipinski definition) is 26. The third-order valence-corrected chi connectivity index (χ3v) is 14.6. The van der Waals surface area contributed by atoms with Crippen molar-refractivity contribution in [3.8, 4) is 0 Å². The lowest BCUT2D eigenvalue weighted by atomic mass is 9.87. The van der Waals surface area contributed by atoms with Crippen LogP contribution < -0.4 is 35.9 Å². The first kappa shape index (κ1) is 59.7. The summed E-state index contributed by atoms with van der Waals surface area (Å²) in [5.74, 6) is -1.32. The van der Waals surface area contributed by atoms with Crippen LogP contribution in [0.15, 0.2) is 24.8 Å². The molecule has 2 aromatic heterocycles. The van der Waals surface area contributed by atoms with Crippen molar-refractivity contribution in [2.75, 3.05) is 37.8 Å². The number of anilines is 1. The molecule has 4 rings (SSSR count). The van der Waals surface area contributed by atoms with Crippen molar-refractivity contribution in [1.82, 2.24) is 30.2 Å². The lowest BCUT2D eigenvalue weighted by molar-refractivity contribution is -0.347. The lowest BCUT2D eigenvalue weighted by Crippen LogP contribution is -2.48. The highest BCUT2D eigenvalue weighted by Gasteiger charge is 2.47. The molecule has 28 nitrogen and oxygen atoms in total. The molecule has 4 heterocycles. The normalized spacial score (nSPS) is 25.9. The summed E-state index contributed by atoms with van der Waals surface area (Å²) < 4.78 is 72.1. The van der Waals surface area contributed by atoms with Crippen molar-refractivity contribution in [1.29, 1.82) is 0 Å². The molecule has 32 heteroatoms. The Morgan fingerprint density at radius 1 is 1.00 bits per heavy atom. The van der Waals surface area contributed by atoms with Gasteiger partial charge in [0, 0.05) is 37.1 Å².